The van der Waals surface area contributed by atoms with Gasteiger partial charge in [0.05, 0.1) is 5.02 Å². The second-order valence-corrected chi connectivity index (χ2v) is 5.27. The molecule has 0 radical (unpaired) electrons. The van der Waals surface area contributed by atoms with Crippen LogP contribution >= 0.6 is 11.6 Å². The first kappa shape index (κ1) is 14.9. The van der Waals surface area contributed by atoms with Crippen LogP contribution in [0.3, 0.4) is 0 Å². The summed E-state index contributed by atoms with van der Waals surface area (Å²) in [7, 11) is 0. The molecule has 0 fully saturated rings. The number of halogens is 3. The molecular weight excluding hydrogens is 280 g/mol. The average Bonchev–Trinajstić information content (AvgIpc) is 2.43. The smallest absolute Gasteiger partial charge is 0.142 e. The van der Waals surface area contributed by atoms with Gasteiger partial charge >= 0.3 is 0 Å². The highest BCUT2D eigenvalue weighted by molar-refractivity contribution is 6.30. The highest BCUT2D eigenvalue weighted by atomic mass is 35.5. The van der Waals surface area contributed by atoms with Gasteiger partial charge in [-0.15, -0.1) is 0 Å². The van der Waals surface area contributed by atoms with E-state index >= 15 is 0 Å². The summed E-state index contributed by atoms with van der Waals surface area (Å²) in [4.78, 5) is 0. The summed E-state index contributed by atoms with van der Waals surface area (Å²) in [6, 6.07) is 11.4. The number of hydrogen-bond donors (Lipinski definition) is 1. The van der Waals surface area contributed by atoms with Crippen molar-refractivity contribution in [3.05, 3.63) is 70.2 Å². The number of rotatable bonds is 5. The molecule has 2 aromatic rings. The highest BCUT2D eigenvalue weighted by Crippen LogP contribution is 2.15. The SMILES string of the molecule is CC(Cc1ccc(F)cc1)NCc1ccc(Cl)c(F)c1. The van der Waals surface area contributed by atoms with Crippen LogP contribution in [0.1, 0.15) is 18.1 Å². The van der Waals surface area contributed by atoms with E-state index in [1.807, 2.05) is 6.92 Å². The van der Waals surface area contributed by atoms with Crippen LogP contribution in [-0.4, -0.2) is 6.04 Å². The molecule has 0 saturated carbocycles. The molecule has 0 aliphatic heterocycles. The first-order chi connectivity index (χ1) is 9.54. The number of hydrogen-bond acceptors (Lipinski definition) is 1. The molecule has 0 aromatic heterocycles. The fourth-order valence-electron chi connectivity index (χ4n) is 1.99. The van der Waals surface area contributed by atoms with Crippen molar-refractivity contribution < 1.29 is 8.78 Å². The van der Waals surface area contributed by atoms with Gasteiger partial charge in [0, 0.05) is 12.6 Å². The van der Waals surface area contributed by atoms with E-state index in [4.69, 9.17) is 11.6 Å². The standard InChI is InChI=1S/C16H16ClF2N/c1-11(8-12-2-5-14(18)6-3-12)20-10-13-4-7-15(17)16(19)9-13/h2-7,9,11,20H,8,10H2,1H3. The van der Waals surface area contributed by atoms with Crippen LogP contribution in [-0.2, 0) is 13.0 Å². The van der Waals surface area contributed by atoms with Gasteiger partial charge < -0.3 is 5.32 Å². The van der Waals surface area contributed by atoms with E-state index in [0.29, 0.717) is 6.54 Å². The first-order valence-electron chi connectivity index (χ1n) is 6.46. The summed E-state index contributed by atoms with van der Waals surface area (Å²) in [6.07, 6.45) is 0.788. The summed E-state index contributed by atoms with van der Waals surface area (Å²) in [6.45, 7) is 2.60. The lowest BCUT2D eigenvalue weighted by Crippen LogP contribution is -2.27. The maximum atomic E-state index is 13.3. The van der Waals surface area contributed by atoms with Crippen molar-refractivity contribution >= 4 is 11.6 Å². The Bertz CT molecular complexity index is 569. The van der Waals surface area contributed by atoms with E-state index in [2.05, 4.69) is 5.32 Å². The Kier molecular flexibility index (Phi) is 5.10. The van der Waals surface area contributed by atoms with E-state index in [0.717, 1.165) is 17.5 Å². The van der Waals surface area contributed by atoms with E-state index in [-0.39, 0.29) is 16.9 Å². The van der Waals surface area contributed by atoms with Crippen molar-refractivity contribution in [1.29, 1.82) is 0 Å². The van der Waals surface area contributed by atoms with Crippen LogP contribution in [0.5, 0.6) is 0 Å². The molecule has 20 heavy (non-hydrogen) atoms. The molecule has 0 heterocycles. The molecule has 1 atom stereocenters. The van der Waals surface area contributed by atoms with Crippen molar-refractivity contribution in [2.75, 3.05) is 0 Å². The van der Waals surface area contributed by atoms with E-state index in [1.54, 1.807) is 24.3 Å². The summed E-state index contributed by atoms with van der Waals surface area (Å²) >= 11 is 5.64. The normalized spacial score (nSPS) is 12.4. The minimum atomic E-state index is -0.405. The van der Waals surface area contributed by atoms with Gasteiger partial charge in [0.2, 0.25) is 0 Å². The first-order valence-corrected chi connectivity index (χ1v) is 6.84. The van der Waals surface area contributed by atoms with Crippen molar-refractivity contribution in [2.45, 2.75) is 25.9 Å². The average molecular weight is 296 g/mol. The van der Waals surface area contributed by atoms with Crippen LogP contribution in [0, 0.1) is 11.6 Å². The topological polar surface area (TPSA) is 12.0 Å². The molecule has 0 aliphatic carbocycles. The van der Waals surface area contributed by atoms with Gasteiger partial charge in [-0.25, -0.2) is 8.78 Å². The monoisotopic (exact) mass is 295 g/mol. The Labute approximate surface area is 122 Å². The Hall–Kier alpha value is -1.45. The largest absolute Gasteiger partial charge is 0.310 e. The van der Waals surface area contributed by atoms with Crippen LogP contribution in [0.25, 0.3) is 0 Å². The Balaban J connectivity index is 1.86. The third-order valence-corrected chi connectivity index (χ3v) is 3.40. The minimum absolute atomic E-state index is 0.133. The summed E-state index contributed by atoms with van der Waals surface area (Å²) in [5, 5.41) is 3.44. The number of nitrogens with one attached hydrogen (secondary N) is 1. The molecular formula is C16H16ClF2N. The quantitative estimate of drug-likeness (QED) is 0.865. The molecule has 1 unspecified atom stereocenters. The lowest BCUT2D eigenvalue weighted by molar-refractivity contribution is 0.541. The van der Waals surface area contributed by atoms with Crippen molar-refractivity contribution in [1.82, 2.24) is 5.32 Å². The van der Waals surface area contributed by atoms with Crippen molar-refractivity contribution in [2.24, 2.45) is 0 Å². The van der Waals surface area contributed by atoms with Gasteiger partial charge in [-0.1, -0.05) is 29.8 Å². The molecule has 4 heteroatoms. The van der Waals surface area contributed by atoms with E-state index in [9.17, 15) is 8.78 Å². The van der Waals surface area contributed by atoms with E-state index < -0.39 is 5.82 Å². The fourth-order valence-corrected chi connectivity index (χ4v) is 2.11. The molecule has 0 aliphatic rings. The predicted octanol–water partition coefficient (Wildman–Crippen LogP) is 4.34. The molecule has 2 aromatic carbocycles. The van der Waals surface area contributed by atoms with Gasteiger partial charge in [-0.05, 0) is 48.7 Å². The van der Waals surface area contributed by atoms with Crippen LogP contribution in [0.4, 0.5) is 8.78 Å². The minimum Gasteiger partial charge on any atom is -0.310 e. The van der Waals surface area contributed by atoms with Gasteiger partial charge in [0.15, 0.2) is 0 Å². The third kappa shape index (κ3) is 4.29. The Morgan fingerprint density at radius 2 is 1.70 bits per heavy atom. The van der Waals surface area contributed by atoms with Crippen molar-refractivity contribution in [3.8, 4) is 0 Å². The summed E-state index contributed by atoms with van der Waals surface area (Å²) in [5.74, 6) is -0.636. The fraction of sp³-hybridized carbons (Fsp3) is 0.250. The Morgan fingerprint density at radius 3 is 2.35 bits per heavy atom. The van der Waals surface area contributed by atoms with Gasteiger partial charge in [-0.3, -0.25) is 0 Å². The second kappa shape index (κ2) is 6.82. The molecule has 1 nitrogen and oxygen atoms in total. The molecule has 2 rings (SSSR count). The highest BCUT2D eigenvalue weighted by Gasteiger charge is 2.05. The van der Waals surface area contributed by atoms with Gasteiger partial charge in [-0.2, -0.15) is 0 Å². The molecule has 0 spiro atoms. The second-order valence-electron chi connectivity index (χ2n) is 4.86. The maximum absolute atomic E-state index is 13.3. The zero-order chi connectivity index (χ0) is 14.5. The zero-order valence-corrected chi connectivity index (χ0v) is 11.9. The van der Waals surface area contributed by atoms with Gasteiger partial charge in [0.1, 0.15) is 11.6 Å². The predicted molar refractivity (Wildman–Crippen MR) is 77.8 cm³/mol. The molecule has 0 saturated heterocycles. The summed E-state index contributed by atoms with van der Waals surface area (Å²) < 4.78 is 26.1. The summed E-state index contributed by atoms with van der Waals surface area (Å²) in [5.41, 5.74) is 1.91. The lowest BCUT2D eigenvalue weighted by atomic mass is 10.1. The van der Waals surface area contributed by atoms with Crippen molar-refractivity contribution in [3.63, 3.8) is 0 Å². The molecule has 0 amide bonds. The Morgan fingerprint density at radius 1 is 1.05 bits per heavy atom. The molecule has 1 N–H and O–H groups in total. The molecule has 0 bridgehead atoms. The van der Waals surface area contributed by atoms with Gasteiger partial charge in [0.25, 0.3) is 0 Å². The lowest BCUT2D eigenvalue weighted by Gasteiger charge is -2.14. The van der Waals surface area contributed by atoms with E-state index in [1.165, 1.54) is 18.2 Å². The maximum Gasteiger partial charge on any atom is 0.142 e. The third-order valence-electron chi connectivity index (χ3n) is 3.09. The number of benzene rings is 2. The van der Waals surface area contributed by atoms with Crippen LogP contribution in [0.15, 0.2) is 42.5 Å². The van der Waals surface area contributed by atoms with Crippen LogP contribution < -0.4 is 5.32 Å². The zero-order valence-electron chi connectivity index (χ0n) is 11.2. The van der Waals surface area contributed by atoms with Crippen LogP contribution in [0.2, 0.25) is 5.02 Å². The molecule has 106 valence electrons.